The van der Waals surface area contributed by atoms with Crippen molar-refractivity contribution in [2.45, 2.75) is 13.5 Å². The van der Waals surface area contributed by atoms with Crippen LogP contribution in [0.3, 0.4) is 0 Å². The smallest absolute Gasteiger partial charge is 0.106 e. The molecule has 1 heterocycles. The molecule has 0 atom stereocenters. The SMILES string of the molecule is Cc1cccc(CNc2ccc(Br)cc2C(N)=S)n1. The molecule has 0 bridgehead atoms. The van der Waals surface area contributed by atoms with Gasteiger partial charge in [-0.15, -0.1) is 0 Å². The van der Waals surface area contributed by atoms with Gasteiger partial charge in [-0.1, -0.05) is 34.2 Å². The summed E-state index contributed by atoms with van der Waals surface area (Å²) in [5.41, 5.74) is 9.47. The van der Waals surface area contributed by atoms with Gasteiger partial charge >= 0.3 is 0 Å². The molecule has 0 saturated heterocycles. The first kappa shape index (κ1) is 14.0. The molecule has 0 unspecified atom stereocenters. The van der Waals surface area contributed by atoms with Gasteiger partial charge in [0.15, 0.2) is 0 Å². The summed E-state index contributed by atoms with van der Waals surface area (Å²) in [6.45, 7) is 2.61. The predicted molar refractivity (Wildman–Crippen MR) is 86.3 cm³/mol. The van der Waals surface area contributed by atoms with E-state index in [2.05, 4.69) is 26.2 Å². The van der Waals surface area contributed by atoms with Crippen molar-refractivity contribution in [3.8, 4) is 0 Å². The molecule has 0 fully saturated rings. The fraction of sp³-hybridized carbons (Fsp3) is 0.143. The summed E-state index contributed by atoms with van der Waals surface area (Å²) >= 11 is 8.48. The molecular weight excluding hydrogens is 322 g/mol. The van der Waals surface area contributed by atoms with Crippen LogP contribution in [-0.2, 0) is 6.54 Å². The summed E-state index contributed by atoms with van der Waals surface area (Å²) in [6.07, 6.45) is 0. The average molecular weight is 336 g/mol. The highest BCUT2D eigenvalue weighted by Crippen LogP contribution is 2.21. The number of nitrogens with two attached hydrogens (primary N) is 1. The highest BCUT2D eigenvalue weighted by Gasteiger charge is 2.06. The lowest BCUT2D eigenvalue weighted by molar-refractivity contribution is 1.01. The third-order valence-corrected chi connectivity index (χ3v) is 3.37. The number of hydrogen-bond donors (Lipinski definition) is 2. The van der Waals surface area contributed by atoms with Crippen LogP contribution in [0.2, 0.25) is 0 Å². The minimum atomic E-state index is 0.376. The number of nitrogens with one attached hydrogen (secondary N) is 1. The normalized spacial score (nSPS) is 10.2. The van der Waals surface area contributed by atoms with Crippen molar-refractivity contribution in [3.05, 3.63) is 57.8 Å². The molecule has 98 valence electrons. The number of benzene rings is 1. The van der Waals surface area contributed by atoms with E-state index in [1.54, 1.807) is 0 Å². The molecule has 0 aliphatic rings. The summed E-state index contributed by atoms with van der Waals surface area (Å²) in [6, 6.07) is 11.8. The van der Waals surface area contributed by atoms with Crippen molar-refractivity contribution in [2.75, 3.05) is 5.32 Å². The Kier molecular flexibility index (Phi) is 4.50. The first-order chi connectivity index (χ1) is 9.06. The second kappa shape index (κ2) is 6.12. The van der Waals surface area contributed by atoms with E-state index >= 15 is 0 Å². The van der Waals surface area contributed by atoms with Crippen LogP contribution in [0.1, 0.15) is 17.0 Å². The number of pyridine rings is 1. The van der Waals surface area contributed by atoms with Crippen molar-refractivity contribution < 1.29 is 0 Å². The van der Waals surface area contributed by atoms with Gasteiger partial charge in [0.1, 0.15) is 4.99 Å². The van der Waals surface area contributed by atoms with Crippen molar-refractivity contribution >= 4 is 38.8 Å². The number of rotatable bonds is 4. The topological polar surface area (TPSA) is 50.9 Å². The Bertz CT molecular complexity index is 613. The van der Waals surface area contributed by atoms with E-state index in [-0.39, 0.29) is 0 Å². The minimum Gasteiger partial charge on any atom is -0.389 e. The van der Waals surface area contributed by atoms with E-state index in [0.29, 0.717) is 11.5 Å². The van der Waals surface area contributed by atoms with Crippen molar-refractivity contribution in [3.63, 3.8) is 0 Å². The molecule has 1 aromatic heterocycles. The molecule has 0 aliphatic heterocycles. The minimum absolute atomic E-state index is 0.376. The van der Waals surface area contributed by atoms with Crippen LogP contribution in [0.5, 0.6) is 0 Å². The van der Waals surface area contributed by atoms with Crippen molar-refractivity contribution in [1.82, 2.24) is 4.98 Å². The Balaban J connectivity index is 2.17. The summed E-state index contributed by atoms with van der Waals surface area (Å²) < 4.78 is 0.953. The number of aromatic nitrogens is 1. The fourth-order valence-electron chi connectivity index (χ4n) is 1.76. The second-order valence-corrected chi connectivity index (χ2v) is 5.53. The number of anilines is 1. The zero-order chi connectivity index (χ0) is 13.8. The fourth-order valence-corrected chi connectivity index (χ4v) is 2.29. The molecule has 1 aromatic carbocycles. The molecule has 2 aromatic rings. The summed E-state index contributed by atoms with van der Waals surface area (Å²) in [4.78, 5) is 4.82. The molecule has 0 radical (unpaired) electrons. The van der Waals surface area contributed by atoms with Crippen molar-refractivity contribution in [1.29, 1.82) is 0 Å². The van der Waals surface area contributed by atoms with Gasteiger partial charge in [0.05, 0.1) is 12.2 Å². The molecule has 2 rings (SSSR count). The third kappa shape index (κ3) is 3.75. The molecular formula is C14H14BrN3S. The Labute approximate surface area is 126 Å². The van der Waals surface area contributed by atoms with Gasteiger partial charge in [0.2, 0.25) is 0 Å². The quantitative estimate of drug-likeness (QED) is 0.841. The molecule has 3 nitrogen and oxygen atoms in total. The van der Waals surface area contributed by atoms with E-state index < -0.39 is 0 Å². The number of halogens is 1. The standard InChI is InChI=1S/C14H14BrN3S/c1-9-3-2-4-11(18-9)8-17-13-6-5-10(15)7-12(13)14(16)19/h2-7,17H,8H2,1H3,(H2,16,19). The molecule has 5 heteroatoms. The van der Waals surface area contributed by atoms with E-state index in [0.717, 1.165) is 27.1 Å². The number of hydrogen-bond acceptors (Lipinski definition) is 3. The van der Waals surface area contributed by atoms with E-state index in [9.17, 15) is 0 Å². The van der Waals surface area contributed by atoms with Gasteiger partial charge in [0, 0.05) is 21.4 Å². The average Bonchev–Trinajstić information content (AvgIpc) is 2.37. The summed E-state index contributed by atoms with van der Waals surface area (Å²) in [7, 11) is 0. The Morgan fingerprint density at radius 2 is 2.16 bits per heavy atom. The molecule has 0 aliphatic carbocycles. The molecule has 0 spiro atoms. The van der Waals surface area contributed by atoms with Crippen LogP contribution in [0.15, 0.2) is 40.9 Å². The van der Waals surface area contributed by atoms with E-state index in [4.69, 9.17) is 18.0 Å². The van der Waals surface area contributed by atoms with Crippen LogP contribution in [0, 0.1) is 6.92 Å². The third-order valence-electron chi connectivity index (χ3n) is 2.65. The Hall–Kier alpha value is -1.46. The van der Waals surface area contributed by atoms with Gasteiger partial charge in [-0.25, -0.2) is 0 Å². The lowest BCUT2D eigenvalue weighted by Gasteiger charge is -2.11. The predicted octanol–water partition coefficient (Wildman–Crippen LogP) is 3.40. The summed E-state index contributed by atoms with van der Waals surface area (Å²) in [5.74, 6) is 0. The molecule has 19 heavy (non-hydrogen) atoms. The summed E-state index contributed by atoms with van der Waals surface area (Å²) in [5, 5.41) is 3.31. The lowest BCUT2D eigenvalue weighted by Crippen LogP contribution is -2.13. The Morgan fingerprint density at radius 1 is 1.37 bits per heavy atom. The van der Waals surface area contributed by atoms with Crippen LogP contribution in [0.4, 0.5) is 5.69 Å². The zero-order valence-electron chi connectivity index (χ0n) is 10.5. The maximum absolute atomic E-state index is 5.73. The second-order valence-electron chi connectivity index (χ2n) is 4.18. The number of aryl methyl sites for hydroxylation is 1. The zero-order valence-corrected chi connectivity index (χ0v) is 12.9. The van der Waals surface area contributed by atoms with Crippen LogP contribution in [-0.4, -0.2) is 9.97 Å². The number of thiocarbonyl (C=S) groups is 1. The first-order valence-corrected chi connectivity index (χ1v) is 7.02. The van der Waals surface area contributed by atoms with Gasteiger partial charge in [-0.2, -0.15) is 0 Å². The molecule has 0 amide bonds. The van der Waals surface area contributed by atoms with Gasteiger partial charge < -0.3 is 11.1 Å². The van der Waals surface area contributed by atoms with E-state index in [1.807, 2.05) is 43.3 Å². The Morgan fingerprint density at radius 3 is 2.84 bits per heavy atom. The van der Waals surface area contributed by atoms with Crippen LogP contribution < -0.4 is 11.1 Å². The van der Waals surface area contributed by atoms with Crippen LogP contribution in [0.25, 0.3) is 0 Å². The maximum atomic E-state index is 5.73. The monoisotopic (exact) mass is 335 g/mol. The highest BCUT2D eigenvalue weighted by atomic mass is 79.9. The highest BCUT2D eigenvalue weighted by molar-refractivity contribution is 9.10. The lowest BCUT2D eigenvalue weighted by atomic mass is 10.1. The first-order valence-electron chi connectivity index (χ1n) is 5.82. The molecule has 0 saturated carbocycles. The maximum Gasteiger partial charge on any atom is 0.106 e. The van der Waals surface area contributed by atoms with Crippen molar-refractivity contribution in [2.24, 2.45) is 5.73 Å². The van der Waals surface area contributed by atoms with Crippen LogP contribution >= 0.6 is 28.1 Å². The van der Waals surface area contributed by atoms with Gasteiger partial charge in [0.25, 0.3) is 0 Å². The molecule has 3 N–H and O–H groups in total. The largest absolute Gasteiger partial charge is 0.389 e. The number of nitrogens with zero attached hydrogens (tertiary/aromatic N) is 1. The van der Waals surface area contributed by atoms with Gasteiger partial charge in [-0.05, 0) is 37.3 Å². The van der Waals surface area contributed by atoms with E-state index in [1.165, 1.54) is 0 Å². The van der Waals surface area contributed by atoms with Gasteiger partial charge in [-0.3, -0.25) is 4.98 Å².